The molecule has 4 heteroatoms. The molecule has 0 bridgehead atoms. The van der Waals surface area contributed by atoms with Crippen molar-refractivity contribution in [3.8, 4) is 11.1 Å². The van der Waals surface area contributed by atoms with Gasteiger partial charge in [-0.1, -0.05) is 55.8 Å². The van der Waals surface area contributed by atoms with E-state index in [1.807, 2.05) is 43.4 Å². The van der Waals surface area contributed by atoms with Crippen molar-refractivity contribution >= 4 is 17.5 Å². The fourth-order valence-electron chi connectivity index (χ4n) is 2.70. The number of halogens is 1. The van der Waals surface area contributed by atoms with Gasteiger partial charge in [0.25, 0.3) is 5.91 Å². The van der Waals surface area contributed by atoms with Crippen LogP contribution in [-0.2, 0) is 0 Å². The highest BCUT2D eigenvalue weighted by atomic mass is 35.5. The van der Waals surface area contributed by atoms with Crippen LogP contribution in [0.2, 0.25) is 5.02 Å². The molecule has 2 aromatic carbocycles. The van der Waals surface area contributed by atoms with Gasteiger partial charge in [-0.15, -0.1) is 0 Å². The molecule has 0 fully saturated rings. The number of benzene rings is 2. The molecule has 24 heavy (non-hydrogen) atoms. The van der Waals surface area contributed by atoms with E-state index < -0.39 is 0 Å². The summed E-state index contributed by atoms with van der Waals surface area (Å²) in [5.41, 5.74) is 2.29. The molecule has 1 atom stereocenters. The first kappa shape index (κ1) is 18.5. The predicted molar refractivity (Wildman–Crippen MR) is 100 cm³/mol. The van der Waals surface area contributed by atoms with Crippen LogP contribution in [0, 0.1) is 12.0 Å². The van der Waals surface area contributed by atoms with E-state index >= 15 is 0 Å². The number of carbonyl (C=O) groups is 1. The van der Waals surface area contributed by atoms with Crippen molar-refractivity contribution in [3.63, 3.8) is 0 Å². The molecule has 0 spiro atoms. The summed E-state index contributed by atoms with van der Waals surface area (Å²) in [5, 5.41) is 6.91. The third-order valence-corrected chi connectivity index (χ3v) is 4.13. The largest absolute Gasteiger partial charge is 0.350 e. The van der Waals surface area contributed by atoms with Gasteiger partial charge in [0.2, 0.25) is 0 Å². The second-order valence-electron chi connectivity index (χ2n) is 6.29. The lowest BCUT2D eigenvalue weighted by molar-refractivity contribution is 0.0949. The summed E-state index contributed by atoms with van der Waals surface area (Å²) in [6.07, 6.45) is 1.01. The number of carbonyl (C=O) groups excluding carboxylic acids is 1. The SMILES string of the molecule is CNC(CNC(=O)c1[c]cccc1-c1cccc(Cl)c1)CC(C)C. The smallest absolute Gasteiger partial charge is 0.252 e. The first-order valence-electron chi connectivity index (χ1n) is 8.23. The Kier molecular flexibility index (Phi) is 6.83. The Morgan fingerprint density at radius 3 is 2.71 bits per heavy atom. The van der Waals surface area contributed by atoms with Crippen LogP contribution in [0.1, 0.15) is 30.6 Å². The van der Waals surface area contributed by atoms with Crippen LogP contribution in [0.4, 0.5) is 0 Å². The zero-order valence-corrected chi connectivity index (χ0v) is 15.2. The Hall–Kier alpha value is -1.84. The standard InChI is InChI=1S/C20H24ClN2O/c1-14(2)11-17(22-3)13-23-20(24)19-10-5-4-9-18(19)15-7-6-8-16(21)12-15/h4-9,12,14,17,22H,11,13H2,1-3H3,(H,23,24). The van der Waals surface area contributed by atoms with E-state index in [-0.39, 0.29) is 11.9 Å². The van der Waals surface area contributed by atoms with E-state index in [9.17, 15) is 4.79 Å². The fourth-order valence-corrected chi connectivity index (χ4v) is 2.89. The molecule has 0 aliphatic rings. The Bertz CT molecular complexity index is 685. The number of nitrogens with one attached hydrogen (secondary N) is 2. The average molecular weight is 344 g/mol. The Morgan fingerprint density at radius 2 is 2.04 bits per heavy atom. The lowest BCUT2D eigenvalue weighted by Gasteiger charge is -2.19. The fraction of sp³-hybridized carbons (Fsp3) is 0.350. The maximum Gasteiger partial charge on any atom is 0.252 e. The topological polar surface area (TPSA) is 41.1 Å². The molecule has 2 rings (SSSR count). The van der Waals surface area contributed by atoms with Gasteiger partial charge in [-0.2, -0.15) is 0 Å². The van der Waals surface area contributed by atoms with E-state index in [0.29, 0.717) is 23.0 Å². The normalized spacial score (nSPS) is 12.2. The van der Waals surface area contributed by atoms with E-state index in [0.717, 1.165) is 17.5 Å². The van der Waals surface area contributed by atoms with E-state index in [1.54, 1.807) is 6.07 Å². The Balaban J connectivity index is 2.15. The van der Waals surface area contributed by atoms with Crippen LogP contribution in [0.15, 0.2) is 42.5 Å². The van der Waals surface area contributed by atoms with Crippen molar-refractivity contribution in [2.24, 2.45) is 5.92 Å². The van der Waals surface area contributed by atoms with E-state index in [4.69, 9.17) is 11.6 Å². The lowest BCUT2D eigenvalue weighted by atomic mass is 9.99. The van der Waals surface area contributed by atoms with Gasteiger partial charge in [-0.3, -0.25) is 4.79 Å². The van der Waals surface area contributed by atoms with Gasteiger partial charge in [-0.25, -0.2) is 0 Å². The van der Waals surface area contributed by atoms with Gasteiger partial charge in [0, 0.05) is 17.6 Å². The van der Waals surface area contributed by atoms with Crippen molar-refractivity contribution in [3.05, 3.63) is 59.1 Å². The van der Waals surface area contributed by atoms with Gasteiger partial charge in [-0.05, 0) is 48.7 Å². The molecule has 1 amide bonds. The molecule has 0 saturated carbocycles. The van der Waals surface area contributed by atoms with Crippen LogP contribution in [0.25, 0.3) is 11.1 Å². The van der Waals surface area contributed by atoms with Crippen LogP contribution >= 0.6 is 11.6 Å². The molecule has 1 radical (unpaired) electrons. The van der Waals surface area contributed by atoms with Crippen molar-refractivity contribution in [1.29, 1.82) is 0 Å². The van der Waals surface area contributed by atoms with E-state index in [2.05, 4.69) is 30.5 Å². The summed E-state index contributed by atoms with van der Waals surface area (Å²) in [4.78, 5) is 12.6. The summed E-state index contributed by atoms with van der Waals surface area (Å²) >= 11 is 6.08. The molecular formula is C20H24ClN2O. The maximum absolute atomic E-state index is 12.6. The van der Waals surface area contributed by atoms with Crippen molar-refractivity contribution < 1.29 is 4.79 Å². The summed E-state index contributed by atoms with van der Waals surface area (Å²) < 4.78 is 0. The van der Waals surface area contributed by atoms with Crippen molar-refractivity contribution in [2.45, 2.75) is 26.3 Å². The highest BCUT2D eigenvalue weighted by Gasteiger charge is 2.15. The minimum absolute atomic E-state index is 0.116. The summed E-state index contributed by atoms with van der Waals surface area (Å²) in [7, 11) is 1.92. The highest BCUT2D eigenvalue weighted by Crippen LogP contribution is 2.25. The number of likely N-dealkylation sites (N-methyl/N-ethyl adjacent to an activating group) is 1. The average Bonchev–Trinajstić information content (AvgIpc) is 2.58. The number of amides is 1. The van der Waals surface area contributed by atoms with Crippen LogP contribution in [0.3, 0.4) is 0 Å². The zero-order chi connectivity index (χ0) is 17.5. The summed E-state index contributed by atoms with van der Waals surface area (Å²) in [5.74, 6) is 0.458. The highest BCUT2D eigenvalue weighted by molar-refractivity contribution is 6.30. The molecule has 0 saturated heterocycles. The molecular weight excluding hydrogens is 320 g/mol. The minimum Gasteiger partial charge on any atom is -0.350 e. The Morgan fingerprint density at radius 1 is 1.25 bits per heavy atom. The first-order valence-corrected chi connectivity index (χ1v) is 8.61. The van der Waals surface area contributed by atoms with Gasteiger partial charge >= 0.3 is 0 Å². The first-order chi connectivity index (χ1) is 11.5. The maximum atomic E-state index is 12.6. The molecule has 0 aliphatic heterocycles. The molecule has 2 aromatic rings. The third-order valence-electron chi connectivity index (χ3n) is 3.89. The van der Waals surface area contributed by atoms with Gasteiger partial charge in [0.15, 0.2) is 0 Å². The monoisotopic (exact) mass is 343 g/mol. The zero-order valence-electron chi connectivity index (χ0n) is 14.4. The van der Waals surface area contributed by atoms with Crippen LogP contribution < -0.4 is 10.6 Å². The lowest BCUT2D eigenvalue weighted by Crippen LogP contribution is -2.40. The quantitative estimate of drug-likeness (QED) is 0.792. The molecule has 1 unspecified atom stereocenters. The van der Waals surface area contributed by atoms with Gasteiger partial charge < -0.3 is 10.6 Å². The van der Waals surface area contributed by atoms with Crippen molar-refractivity contribution in [1.82, 2.24) is 10.6 Å². The van der Waals surface area contributed by atoms with Crippen LogP contribution in [0.5, 0.6) is 0 Å². The molecule has 2 N–H and O–H groups in total. The summed E-state index contributed by atoms with van der Waals surface area (Å²) in [6, 6.07) is 16.4. The predicted octanol–water partition coefficient (Wildman–Crippen LogP) is 4.17. The van der Waals surface area contributed by atoms with Crippen LogP contribution in [-0.4, -0.2) is 25.5 Å². The van der Waals surface area contributed by atoms with Gasteiger partial charge in [0.05, 0.1) is 5.56 Å². The molecule has 0 heterocycles. The van der Waals surface area contributed by atoms with Crippen molar-refractivity contribution in [2.75, 3.05) is 13.6 Å². The van der Waals surface area contributed by atoms with E-state index in [1.165, 1.54) is 0 Å². The summed E-state index contributed by atoms with van der Waals surface area (Å²) in [6.45, 7) is 4.94. The Labute approximate surface area is 149 Å². The number of rotatable bonds is 7. The molecule has 127 valence electrons. The molecule has 0 aromatic heterocycles. The molecule has 0 aliphatic carbocycles. The number of hydrogen-bond donors (Lipinski definition) is 2. The number of hydrogen-bond acceptors (Lipinski definition) is 2. The molecule has 3 nitrogen and oxygen atoms in total. The second kappa shape index (κ2) is 8.86. The van der Waals surface area contributed by atoms with Gasteiger partial charge in [0.1, 0.15) is 0 Å². The second-order valence-corrected chi connectivity index (χ2v) is 6.73. The third kappa shape index (κ3) is 5.08. The minimum atomic E-state index is -0.116.